The summed E-state index contributed by atoms with van der Waals surface area (Å²) in [7, 11) is 0. The van der Waals surface area contributed by atoms with Crippen LogP contribution in [-0.2, 0) is 14.4 Å². The van der Waals surface area contributed by atoms with E-state index in [1.54, 1.807) is 6.92 Å². The van der Waals surface area contributed by atoms with Gasteiger partial charge < -0.3 is 15.7 Å². The molecule has 108 valence electrons. The number of nitrogens with one attached hydrogen (secondary N) is 3. The minimum absolute atomic E-state index is 0.0363. The van der Waals surface area contributed by atoms with E-state index in [1.807, 2.05) is 0 Å². The second-order valence-corrected chi connectivity index (χ2v) is 4.19. The van der Waals surface area contributed by atoms with Crippen molar-refractivity contribution < 1.29 is 24.3 Å². The van der Waals surface area contributed by atoms with Crippen molar-refractivity contribution in [1.82, 2.24) is 16.0 Å². The summed E-state index contributed by atoms with van der Waals surface area (Å²) in [4.78, 5) is 43.5. The molecule has 0 aliphatic carbocycles. The highest BCUT2D eigenvalue weighted by Crippen LogP contribution is 2.06. The average molecular weight is 273 g/mol. The standard InChI is InChI=1S/C11H19N3O5/c1-7(6-10(17)18)5-9(16)14-11(19)13-4-3-12-8(2)15/h7H,3-6H2,1-2H3,(H,12,15)(H,17,18)(H2,13,14,16,19). The molecule has 0 saturated heterocycles. The monoisotopic (exact) mass is 273 g/mol. The van der Waals surface area contributed by atoms with Crippen LogP contribution in [0.25, 0.3) is 0 Å². The lowest BCUT2D eigenvalue weighted by atomic mass is 10.0. The Morgan fingerprint density at radius 2 is 1.63 bits per heavy atom. The molecule has 0 radical (unpaired) electrons. The number of carbonyl (C=O) groups is 4. The highest BCUT2D eigenvalue weighted by atomic mass is 16.4. The molecular formula is C11H19N3O5. The van der Waals surface area contributed by atoms with Crippen LogP contribution in [0.15, 0.2) is 0 Å². The predicted molar refractivity (Wildman–Crippen MR) is 66.3 cm³/mol. The third-order valence-electron chi connectivity index (χ3n) is 2.09. The lowest BCUT2D eigenvalue weighted by molar-refractivity contribution is -0.138. The normalized spacial score (nSPS) is 11.3. The molecule has 0 aromatic rings. The molecule has 0 bridgehead atoms. The van der Waals surface area contributed by atoms with Gasteiger partial charge in [0.05, 0.1) is 0 Å². The summed E-state index contributed by atoms with van der Waals surface area (Å²) in [5, 5.41) is 15.5. The van der Waals surface area contributed by atoms with Gasteiger partial charge in [-0.25, -0.2) is 4.79 Å². The van der Waals surface area contributed by atoms with Crippen molar-refractivity contribution in [2.75, 3.05) is 13.1 Å². The van der Waals surface area contributed by atoms with E-state index in [4.69, 9.17) is 5.11 Å². The van der Waals surface area contributed by atoms with E-state index in [-0.39, 0.29) is 37.8 Å². The number of aliphatic carboxylic acids is 1. The molecule has 1 unspecified atom stereocenters. The Bertz CT molecular complexity index is 356. The summed E-state index contributed by atoms with van der Waals surface area (Å²) >= 11 is 0. The number of urea groups is 1. The van der Waals surface area contributed by atoms with Crippen LogP contribution >= 0.6 is 0 Å². The number of carboxylic acids is 1. The number of carbonyl (C=O) groups excluding carboxylic acids is 3. The Labute approximate surface area is 110 Å². The summed E-state index contributed by atoms with van der Waals surface area (Å²) in [5.74, 6) is -2.07. The fourth-order valence-electron chi connectivity index (χ4n) is 1.32. The van der Waals surface area contributed by atoms with Crippen molar-refractivity contribution in [2.45, 2.75) is 26.7 Å². The first-order chi connectivity index (χ1) is 8.81. The van der Waals surface area contributed by atoms with Crippen molar-refractivity contribution in [3.05, 3.63) is 0 Å². The van der Waals surface area contributed by atoms with Crippen molar-refractivity contribution in [3.63, 3.8) is 0 Å². The Morgan fingerprint density at radius 3 is 2.16 bits per heavy atom. The van der Waals surface area contributed by atoms with E-state index < -0.39 is 17.9 Å². The first kappa shape index (κ1) is 16.9. The van der Waals surface area contributed by atoms with Crippen LogP contribution in [-0.4, -0.2) is 42.0 Å². The third-order valence-corrected chi connectivity index (χ3v) is 2.09. The molecule has 19 heavy (non-hydrogen) atoms. The van der Waals surface area contributed by atoms with Gasteiger partial charge in [-0.1, -0.05) is 6.92 Å². The van der Waals surface area contributed by atoms with Gasteiger partial charge in [0.1, 0.15) is 0 Å². The second kappa shape index (κ2) is 8.90. The number of carboxylic acid groups (broad SMARTS) is 1. The maximum absolute atomic E-state index is 11.4. The van der Waals surface area contributed by atoms with Gasteiger partial charge in [-0.3, -0.25) is 19.7 Å². The number of hydrogen-bond donors (Lipinski definition) is 4. The molecule has 1 atom stereocenters. The SMILES string of the molecule is CC(=O)NCCNC(=O)NC(=O)CC(C)CC(=O)O. The van der Waals surface area contributed by atoms with Gasteiger partial charge in [-0.05, 0) is 5.92 Å². The van der Waals surface area contributed by atoms with Crippen LogP contribution < -0.4 is 16.0 Å². The highest BCUT2D eigenvalue weighted by molar-refractivity contribution is 5.94. The van der Waals surface area contributed by atoms with Gasteiger partial charge in [-0.15, -0.1) is 0 Å². The molecule has 8 nitrogen and oxygen atoms in total. The van der Waals surface area contributed by atoms with Crippen LogP contribution in [0, 0.1) is 5.92 Å². The first-order valence-corrected chi connectivity index (χ1v) is 5.85. The van der Waals surface area contributed by atoms with Crippen molar-refractivity contribution >= 4 is 23.8 Å². The summed E-state index contributed by atoms with van der Waals surface area (Å²) in [6.45, 7) is 3.44. The molecule has 0 aromatic heterocycles. The van der Waals surface area contributed by atoms with E-state index in [9.17, 15) is 19.2 Å². The van der Waals surface area contributed by atoms with Crippen LogP contribution in [0.5, 0.6) is 0 Å². The summed E-state index contributed by atoms with van der Waals surface area (Å²) in [5.41, 5.74) is 0. The van der Waals surface area contributed by atoms with E-state index >= 15 is 0 Å². The van der Waals surface area contributed by atoms with Crippen LogP contribution in [0.1, 0.15) is 26.7 Å². The molecule has 4 N–H and O–H groups in total. The van der Waals surface area contributed by atoms with E-state index in [1.165, 1.54) is 6.92 Å². The molecule has 0 aromatic carbocycles. The third kappa shape index (κ3) is 10.7. The van der Waals surface area contributed by atoms with Gasteiger partial charge in [0.25, 0.3) is 0 Å². The molecule has 0 aliphatic rings. The Kier molecular flexibility index (Phi) is 7.90. The van der Waals surface area contributed by atoms with Crippen LogP contribution in [0.3, 0.4) is 0 Å². The average Bonchev–Trinajstić information content (AvgIpc) is 2.22. The second-order valence-electron chi connectivity index (χ2n) is 4.19. The fourth-order valence-corrected chi connectivity index (χ4v) is 1.32. The molecule has 8 heteroatoms. The summed E-state index contributed by atoms with van der Waals surface area (Å²) in [6.07, 6.45) is -0.164. The zero-order valence-electron chi connectivity index (χ0n) is 11.0. The Hall–Kier alpha value is -2.12. The Morgan fingerprint density at radius 1 is 1.05 bits per heavy atom. The zero-order chi connectivity index (χ0) is 14.8. The van der Waals surface area contributed by atoms with Crippen molar-refractivity contribution in [3.8, 4) is 0 Å². The minimum atomic E-state index is -0.986. The minimum Gasteiger partial charge on any atom is -0.481 e. The molecule has 0 fully saturated rings. The smallest absolute Gasteiger partial charge is 0.321 e. The lowest BCUT2D eigenvalue weighted by Crippen LogP contribution is -2.42. The molecule has 0 saturated carbocycles. The largest absolute Gasteiger partial charge is 0.481 e. The van der Waals surface area contributed by atoms with Crippen molar-refractivity contribution in [2.24, 2.45) is 5.92 Å². The maximum Gasteiger partial charge on any atom is 0.321 e. The number of imide groups is 1. The summed E-state index contributed by atoms with van der Waals surface area (Å²) in [6, 6.07) is -0.669. The quantitative estimate of drug-likeness (QED) is 0.463. The molecule has 0 rings (SSSR count). The van der Waals surface area contributed by atoms with Gasteiger partial charge >= 0.3 is 12.0 Å². The van der Waals surface area contributed by atoms with E-state index in [0.717, 1.165) is 0 Å². The number of hydrogen-bond acceptors (Lipinski definition) is 4. The van der Waals surface area contributed by atoms with Gasteiger partial charge in [-0.2, -0.15) is 0 Å². The fraction of sp³-hybridized carbons (Fsp3) is 0.636. The molecule has 0 aliphatic heterocycles. The van der Waals surface area contributed by atoms with Gasteiger partial charge in [0.2, 0.25) is 11.8 Å². The van der Waals surface area contributed by atoms with E-state index in [0.29, 0.717) is 0 Å². The lowest BCUT2D eigenvalue weighted by Gasteiger charge is -2.09. The zero-order valence-corrected chi connectivity index (χ0v) is 11.0. The number of rotatable bonds is 7. The highest BCUT2D eigenvalue weighted by Gasteiger charge is 2.14. The summed E-state index contributed by atoms with van der Waals surface area (Å²) < 4.78 is 0. The molecular weight excluding hydrogens is 254 g/mol. The Balaban J connectivity index is 3.77. The maximum atomic E-state index is 11.4. The molecule has 0 spiro atoms. The predicted octanol–water partition coefficient (Wildman–Crippen LogP) is -0.551. The topological polar surface area (TPSA) is 125 Å². The molecule has 4 amide bonds. The first-order valence-electron chi connectivity index (χ1n) is 5.85. The van der Waals surface area contributed by atoms with Crippen molar-refractivity contribution in [1.29, 1.82) is 0 Å². The van der Waals surface area contributed by atoms with Crippen LogP contribution in [0.4, 0.5) is 4.79 Å². The van der Waals surface area contributed by atoms with Crippen LogP contribution in [0.2, 0.25) is 0 Å². The van der Waals surface area contributed by atoms with E-state index in [2.05, 4.69) is 16.0 Å². The van der Waals surface area contributed by atoms with Gasteiger partial charge in [0, 0.05) is 32.9 Å². The number of amides is 4. The molecule has 0 heterocycles. The van der Waals surface area contributed by atoms with Gasteiger partial charge in [0.15, 0.2) is 0 Å².